The minimum absolute atomic E-state index is 0.00978. The molecule has 2 rings (SSSR count). The standard InChI is InChI=1S/C13H22N4O2S2/c1-8-9(2)20-7-5-17(8)12(18)10-11(14)16-13(21-10)15-4-6-19-3/h8-9H,4-7,14H2,1-3H3,(H,15,16). The summed E-state index contributed by atoms with van der Waals surface area (Å²) in [4.78, 5) is 19.3. The Morgan fingerprint density at radius 2 is 2.33 bits per heavy atom. The van der Waals surface area contributed by atoms with Crippen LogP contribution in [0.2, 0.25) is 0 Å². The number of thiazole rings is 1. The van der Waals surface area contributed by atoms with Crippen LogP contribution in [0.1, 0.15) is 23.5 Å². The van der Waals surface area contributed by atoms with Gasteiger partial charge in [-0.2, -0.15) is 11.8 Å². The molecule has 1 amide bonds. The molecule has 0 bridgehead atoms. The van der Waals surface area contributed by atoms with Crippen molar-refractivity contribution in [3.8, 4) is 0 Å². The molecule has 2 atom stereocenters. The van der Waals surface area contributed by atoms with Gasteiger partial charge >= 0.3 is 0 Å². The van der Waals surface area contributed by atoms with E-state index >= 15 is 0 Å². The smallest absolute Gasteiger partial charge is 0.268 e. The number of nitrogens with zero attached hydrogens (tertiary/aromatic N) is 2. The number of carbonyl (C=O) groups is 1. The fourth-order valence-corrected chi connectivity index (χ4v) is 4.14. The third-order valence-electron chi connectivity index (χ3n) is 3.57. The van der Waals surface area contributed by atoms with E-state index in [4.69, 9.17) is 10.5 Å². The van der Waals surface area contributed by atoms with Crippen molar-refractivity contribution in [2.45, 2.75) is 25.1 Å². The van der Waals surface area contributed by atoms with Gasteiger partial charge in [-0.1, -0.05) is 18.3 Å². The number of aromatic nitrogens is 1. The predicted molar refractivity (Wildman–Crippen MR) is 89.3 cm³/mol. The van der Waals surface area contributed by atoms with Crippen LogP contribution in [0.4, 0.5) is 10.9 Å². The molecular formula is C13H22N4O2S2. The van der Waals surface area contributed by atoms with Crippen LogP contribution in [-0.2, 0) is 4.74 Å². The van der Waals surface area contributed by atoms with Crippen LogP contribution in [0.3, 0.4) is 0 Å². The molecule has 0 aliphatic carbocycles. The summed E-state index contributed by atoms with van der Waals surface area (Å²) in [6, 6.07) is 0.211. The van der Waals surface area contributed by atoms with E-state index in [1.54, 1.807) is 7.11 Å². The second kappa shape index (κ2) is 7.33. The lowest BCUT2D eigenvalue weighted by Gasteiger charge is -2.37. The first kappa shape index (κ1) is 16.4. The summed E-state index contributed by atoms with van der Waals surface area (Å²) < 4.78 is 4.97. The maximum absolute atomic E-state index is 12.7. The number of amides is 1. The number of thioether (sulfide) groups is 1. The lowest BCUT2D eigenvalue weighted by Crippen LogP contribution is -2.47. The number of nitrogen functional groups attached to an aromatic ring is 1. The highest BCUT2D eigenvalue weighted by Crippen LogP contribution is 2.30. The maximum Gasteiger partial charge on any atom is 0.268 e. The fourth-order valence-electron chi connectivity index (χ4n) is 2.17. The van der Waals surface area contributed by atoms with E-state index in [-0.39, 0.29) is 11.9 Å². The average Bonchev–Trinajstić information content (AvgIpc) is 2.82. The third-order valence-corrected chi connectivity index (χ3v) is 5.93. The van der Waals surface area contributed by atoms with Crippen molar-refractivity contribution in [3.63, 3.8) is 0 Å². The van der Waals surface area contributed by atoms with E-state index in [0.717, 1.165) is 12.3 Å². The van der Waals surface area contributed by atoms with Gasteiger partial charge in [0.25, 0.3) is 5.91 Å². The Labute approximate surface area is 133 Å². The van der Waals surface area contributed by atoms with Crippen molar-refractivity contribution in [2.24, 2.45) is 0 Å². The first-order chi connectivity index (χ1) is 10.0. The molecule has 1 aromatic heterocycles. The van der Waals surface area contributed by atoms with Crippen LogP contribution in [-0.4, -0.2) is 59.6 Å². The molecular weight excluding hydrogens is 308 g/mol. The van der Waals surface area contributed by atoms with Crippen LogP contribution in [0.15, 0.2) is 0 Å². The summed E-state index contributed by atoms with van der Waals surface area (Å²) >= 11 is 3.22. The van der Waals surface area contributed by atoms with Crippen molar-refractivity contribution in [3.05, 3.63) is 4.88 Å². The molecule has 6 nitrogen and oxygen atoms in total. The summed E-state index contributed by atoms with van der Waals surface area (Å²) in [5.41, 5.74) is 5.91. The second-order valence-electron chi connectivity index (χ2n) is 4.97. The van der Waals surface area contributed by atoms with E-state index < -0.39 is 0 Å². The van der Waals surface area contributed by atoms with Crippen molar-refractivity contribution in [2.75, 3.05) is 43.6 Å². The average molecular weight is 330 g/mol. The van der Waals surface area contributed by atoms with E-state index in [9.17, 15) is 4.79 Å². The van der Waals surface area contributed by atoms with Crippen LogP contribution >= 0.6 is 23.1 Å². The van der Waals surface area contributed by atoms with Gasteiger partial charge in [0.2, 0.25) is 0 Å². The zero-order valence-electron chi connectivity index (χ0n) is 12.6. The molecule has 1 aliphatic rings. The Hall–Kier alpha value is -0.990. The lowest BCUT2D eigenvalue weighted by molar-refractivity contribution is 0.0704. The highest BCUT2D eigenvalue weighted by molar-refractivity contribution is 8.00. The zero-order chi connectivity index (χ0) is 15.4. The Bertz CT molecular complexity index is 495. The number of hydrogen-bond acceptors (Lipinski definition) is 7. The molecule has 0 radical (unpaired) electrons. The van der Waals surface area contributed by atoms with Gasteiger partial charge in [-0.3, -0.25) is 4.79 Å². The third kappa shape index (κ3) is 3.81. The highest BCUT2D eigenvalue weighted by atomic mass is 32.2. The van der Waals surface area contributed by atoms with Crippen molar-refractivity contribution < 1.29 is 9.53 Å². The van der Waals surface area contributed by atoms with E-state index in [1.165, 1.54) is 11.3 Å². The van der Waals surface area contributed by atoms with Gasteiger partial charge in [0.15, 0.2) is 5.13 Å². The number of nitrogens with two attached hydrogens (primary N) is 1. The van der Waals surface area contributed by atoms with Crippen LogP contribution < -0.4 is 11.1 Å². The largest absolute Gasteiger partial charge is 0.383 e. The Kier molecular flexibility index (Phi) is 5.72. The molecule has 21 heavy (non-hydrogen) atoms. The molecule has 0 spiro atoms. The number of hydrogen-bond donors (Lipinski definition) is 2. The Balaban J connectivity index is 2.08. The molecule has 0 aromatic carbocycles. The van der Waals surface area contributed by atoms with Crippen molar-refractivity contribution >= 4 is 40.0 Å². The molecule has 1 fully saturated rings. The van der Waals surface area contributed by atoms with Crippen LogP contribution in [0.25, 0.3) is 0 Å². The van der Waals surface area contributed by atoms with Gasteiger partial charge < -0.3 is 20.7 Å². The van der Waals surface area contributed by atoms with Crippen LogP contribution in [0, 0.1) is 0 Å². The minimum Gasteiger partial charge on any atom is -0.383 e. The first-order valence-corrected chi connectivity index (χ1v) is 8.82. The fraction of sp³-hybridized carbons (Fsp3) is 0.692. The molecule has 1 aromatic rings. The SMILES string of the molecule is COCCNc1nc(N)c(C(=O)N2CCSC(C)C2C)s1. The molecule has 1 saturated heterocycles. The Morgan fingerprint density at radius 1 is 1.57 bits per heavy atom. The predicted octanol–water partition coefficient (Wildman–Crippen LogP) is 1.75. The number of nitrogens with one attached hydrogen (secondary N) is 1. The first-order valence-electron chi connectivity index (χ1n) is 6.96. The van der Waals surface area contributed by atoms with Gasteiger partial charge in [-0.25, -0.2) is 4.98 Å². The number of anilines is 2. The second-order valence-corrected chi connectivity index (χ2v) is 7.45. The summed E-state index contributed by atoms with van der Waals surface area (Å²) in [6.45, 7) is 6.23. The number of methoxy groups -OCH3 is 1. The molecule has 2 unspecified atom stereocenters. The summed E-state index contributed by atoms with van der Waals surface area (Å²) in [5, 5.41) is 4.22. The number of rotatable bonds is 5. The molecule has 118 valence electrons. The van der Waals surface area contributed by atoms with Crippen LogP contribution in [0.5, 0.6) is 0 Å². The maximum atomic E-state index is 12.7. The van der Waals surface area contributed by atoms with E-state index in [2.05, 4.69) is 24.1 Å². The van der Waals surface area contributed by atoms with E-state index in [1.807, 2.05) is 16.7 Å². The molecule has 3 N–H and O–H groups in total. The molecule has 0 saturated carbocycles. The van der Waals surface area contributed by atoms with Crippen molar-refractivity contribution in [1.29, 1.82) is 0 Å². The number of carbonyl (C=O) groups excluding carboxylic acids is 1. The topological polar surface area (TPSA) is 80.5 Å². The number of ether oxygens (including phenoxy) is 1. The quantitative estimate of drug-likeness (QED) is 0.801. The lowest BCUT2D eigenvalue weighted by atomic mass is 10.2. The van der Waals surface area contributed by atoms with E-state index in [0.29, 0.717) is 34.2 Å². The molecule has 8 heteroatoms. The van der Waals surface area contributed by atoms with Gasteiger partial charge in [-0.05, 0) is 6.92 Å². The zero-order valence-corrected chi connectivity index (χ0v) is 14.2. The summed E-state index contributed by atoms with van der Waals surface area (Å²) in [6.07, 6.45) is 0. The van der Waals surface area contributed by atoms with Gasteiger partial charge in [0.1, 0.15) is 10.7 Å². The molecule has 1 aliphatic heterocycles. The summed E-state index contributed by atoms with van der Waals surface area (Å²) in [7, 11) is 1.64. The Morgan fingerprint density at radius 3 is 3.05 bits per heavy atom. The molecule has 2 heterocycles. The van der Waals surface area contributed by atoms with Gasteiger partial charge in [-0.15, -0.1) is 0 Å². The minimum atomic E-state index is -0.00978. The van der Waals surface area contributed by atoms with Gasteiger partial charge in [0, 0.05) is 37.2 Å². The normalized spacial score (nSPS) is 22.3. The highest BCUT2D eigenvalue weighted by Gasteiger charge is 2.31. The monoisotopic (exact) mass is 330 g/mol. The van der Waals surface area contributed by atoms with Crippen molar-refractivity contribution in [1.82, 2.24) is 9.88 Å². The van der Waals surface area contributed by atoms with Gasteiger partial charge in [0.05, 0.1) is 6.61 Å². The summed E-state index contributed by atoms with van der Waals surface area (Å²) in [5.74, 6) is 1.27.